The summed E-state index contributed by atoms with van der Waals surface area (Å²) in [4.78, 5) is 0. The fourth-order valence-corrected chi connectivity index (χ4v) is 2.30. The summed E-state index contributed by atoms with van der Waals surface area (Å²) in [6.45, 7) is 1.78. The number of ether oxygens (including phenoxy) is 2. The highest BCUT2D eigenvalue weighted by Gasteiger charge is 2.40. The lowest BCUT2D eigenvalue weighted by Gasteiger charge is -2.07. The van der Waals surface area contributed by atoms with Crippen LogP contribution in [0.1, 0.15) is 6.42 Å². The van der Waals surface area contributed by atoms with Gasteiger partial charge in [0.15, 0.2) is 0 Å². The molecule has 2 rings (SSSR count). The molecule has 2 fully saturated rings. The van der Waals surface area contributed by atoms with Crippen LogP contribution in [0.25, 0.3) is 0 Å². The van der Waals surface area contributed by atoms with Gasteiger partial charge in [-0.1, -0.05) is 22.6 Å². The van der Waals surface area contributed by atoms with E-state index in [1.807, 2.05) is 0 Å². The summed E-state index contributed by atoms with van der Waals surface area (Å²) in [6.07, 6.45) is 1.93. The third-order valence-corrected chi connectivity index (χ3v) is 2.97. The normalized spacial score (nSPS) is 49.7. The Morgan fingerprint density at radius 1 is 1.33 bits per heavy atom. The SMILES string of the molecule is IC1COC2CCOC12. The summed E-state index contributed by atoms with van der Waals surface area (Å²) < 4.78 is 11.5. The Morgan fingerprint density at radius 3 is 3.00 bits per heavy atom. The summed E-state index contributed by atoms with van der Waals surface area (Å²) in [5, 5.41) is 0. The van der Waals surface area contributed by atoms with E-state index in [9.17, 15) is 0 Å². The van der Waals surface area contributed by atoms with Gasteiger partial charge in [-0.3, -0.25) is 0 Å². The van der Waals surface area contributed by atoms with Crippen molar-refractivity contribution < 1.29 is 9.47 Å². The molecular weight excluding hydrogens is 231 g/mol. The van der Waals surface area contributed by atoms with E-state index in [1.165, 1.54) is 0 Å². The van der Waals surface area contributed by atoms with Crippen molar-refractivity contribution in [3.8, 4) is 0 Å². The summed E-state index contributed by atoms with van der Waals surface area (Å²) in [5.74, 6) is 0. The zero-order valence-electron chi connectivity index (χ0n) is 5.05. The van der Waals surface area contributed by atoms with Gasteiger partial charge in [-0.15, -0.1) is 0 Å². The summed E-state index contributed by atoms with van der Waals surface area (Å²) >= 11 is 2.40. The van der Waals surface area contributed by atoms with Gasteiger partial charge < -0.3 is 9.47 Å². The first kappa shape index (κ1) is 6.37. The maximum atomic E-state index is 5.46. The molecule has 2 nitrogen and oxygen atoms in total. The van der Waals surface area contributed by atoms with Crippen molar-refractivity contribution in [2.24, 2.45) is 0 Å². The lowest BCUT2D eigenvalue weighted by molar-refractivity contribution is 0.0743. The lowest BCUT2D eigenvalue weighted by Crippen LogP contribution is -2.21. The molecule has 0 aliphatic carbocycles. The van der Waals surface area contributed by atoms with Crippen LogP contribution in [0.3, 0.4) is 0 Å². The molecule has 0 bridgehead atoms. The van der Waals surface area contributed by atoms with Crippen LogP contribution >= 0.6 is 22.6 Å². The molecule has 9 heavy (non-hydrogen) atoms. The minimum Gasteiger partial charge on any atom is -0.374 e. The van der Waals surface area contributed by atoms with Crippen LogP contribution in [-0.4, -0.2) is 29.3 Å². The highest BCUT2D eigenvalue weighted by Crippen LogP contribution is 2.30. The minimum atomic E-state index is 0.408. The van der Waals surface area contributed by atoms with E-state index < -0.39 is 0 Å². The zero-order valence-corrected chi connectivity index (χ0v) is 7.21. The topological polar surface area (TPSA) is 18.5 Å². The van der Waals surface area contributed by atoms with Crippen molar-refractivity contribution in [1.82, 2.24) is 0 Å². The molecule has 52 valence electrons. The quantitative estimate of drug-likeness (QED) is 0.464. The molecule has 0 spiro atoms. The Hall–Kier alpha value is 0.650. The van der Waals surface area contributed by atoms with E-state index in [2.05, 4.69) is 22.6 Å². The van der Waals surface area contributed by atoms with Crippen LogP contribution in [0.15, 0.2) is 0 Å². The van der Waals surface area contributed by atoms with Crippen molar-refractivity contribution in [3.63, 3.8) is 0 Å². The average molecular weight is 240 g/mol. The molecule has 0 aromatic carbocycles. The van der Waals surface area contributed by atoms with E-state index in [-0.39, 0.29) is 0 Å². The van der Waals surface area contributed by atoms with Crippen LogP contribution in [0.4, 0.5) is 0 Å². The molecular formula is C6H9IO2. The number of hydrogen-bond acceptors (Lipinski definition) is 2. The minimum absolute atomic E-state index is 0.408. The Balaban J connectivity index is 2.07. The predicted molar refractivity (Wildman–Crippen MR) is 41.9 cm³/mol. The molecule has 0 N–H and O–H groups in total. The number of fused-ring (bicyclic) bond motifs is 1. The van der Waals surface area contributed by atoms with Crippen LogP contribution in [0.2, 0.25) is 0 Å². The molecule has 0 aromatic heterocycles. The Morgan fingerprint density at radius 2 is 2.22 bits per heavy atom. The highest BCUT2D eigenvalue weighted by molar-refractivity contribution is 14.1. The number of alkyl halides is 1. The summed E-state index contributed by atoms with van der Waals surface area (Å²) in [6, 6.07) is 0. The molecule has 0 radical (unpaired) electrons. The van der Waals surface area contributed by atoms with E-state index >= 15 is 0 Å². The second-order valence-electron chi connectivity index (χ2n) is 2.51. The molecule has 3 heteroatoms. The van der Waals surface area contributed by atoms with Gasteiger partial charge >= 0.3 is 0 Å². The average Bonchev–Trinajstić information content (AvgIpc) is 2.35. The first-order chi connectivity index (χ1) is 4.38. The van der Waals surface area contributed by atoms with Crippen LogP contribution in [0, 0.1) is 0 Å². The van der Waals surface area contributed by atoms with Gasteiger partial charge in [-0.2, -0.15) is 0 Å². The third-order valence-electron chi connectivity index (χ3n) is 1.91. The van der Waals surface area contributed by atoms with Gasteiger partial charge in [0.2, 0.25) is 0 Å². The monoisotopic (exact) mass is 240 g/mol. The van der Waals surface area contributed by atoms with Crippen LogP contribution < -0.4 is 0 Å². The van der Waals surface area contributed by atoms with E-state index in [1.54, 1.807) is 0 Å². The summed E-state index contributed by atoms with van der Waals surface area (Å²) in [5.41, 5.74) is 0. The molecule has 3 unspecified atom stereocenters. The number of hydrogen-bond donors (Lipinski definition) is 0. The molecule has 3 atom stereocenters. The first-order valence-electron chi connectivity index (χ1n) is 3.25. The van der Waals surface area contributed by atoms with Gasteiger partial charge in [0.1, 0.15) is 0 Å². The maximum absolute atomic E-state index is 5.46. The van der Waals surface area contributed by atoms with Crippen molar-refractivity contribution in [3.05, 3.63) is 0 Å². The van der Waals surface area contributed by atoms with Crippen molar-refractivity contribution >= 4 is 22.6 Å². The van der Waals surface area contributed by atoms with Crippen molar-refractivity contribution in [1.29, 1.82) is 0 Å². The van der Waals surface area contributed by atoms with E-state index in [0.717, 1.165) is 19.6 Å². The molecule has 2 heterocycles. The van der Waals surface area contributed by atoms with Crippen LogP contribution in [-0.2, 0) is 9.47 Å². The number of rotatable bonds is 0. The fraction of sp³-hybridized carbons (Fsp3) is 1.00. The third kappa shape index (κ3) is 0.991. The largest absolute Gasteiger partial charge is 0.374 e. The second-order valence-corrected chi connectivity index (χ2v) is 4.11. The number of halogens is 1. The summed E-state index contributed by atoms with van der Waals surface area (Å²) in [7, 11) is 0. The van der Waals surface area contributed by atoms with Gasteiger partial charge in [0.05, 0.1) is 22.7 Å². The van der Waals surface area contributed by atoms with Gasteiger partial charge in [0, 0.05) is 6.61 Å². The fourth-order valence-electron chi connectivity index (χ4n) is 1.42. The van der Waals surface area contributed by atoms with Gasteiger partial charge in [-0.25, -0.2) is 0 Å². The first-order valence-corrected chi connectivity index (χ1v) is 4.50. The standard InChI is InChI=1S/C6H9IO2/c7-4-3-9-5-1-2-8-6(4)5/h4-6H,1-3H2. The maximum Gasteiger partial charge on any atom is 0.0977 e. The van der Waals surface area contributed by atoms with E-state index in [0.29, 0.717) is 16.1 Å². The molecule has 2 aliphatic heterocycles. The molecule has 2 aliphatic rings. The van der Waals surface area contributed by atoms with Gasteiger partial charge in [0.25, 0.3) is 0 Å². The second kappa shape index (κ2) is 2.36. The molecule has 2 saturated heterocycles. The van der Waals surface area contributed by atoms with Crippen LogP contribution in [0.5, 0.6) is 0 Å². The van der Waals surface area contributed by atoms with Gasteiger partial charge in [-0.05, 0) is 6.42 Å². The molecule has 0 aromatic rings. The predicted octanol–water partition coefficient (Wildman–Crippen LogP) is 0.978. The van der Waals surface area contributed by atoms with Crippen molar-refractivity contribution in [2.75, 3.05) is 13.2 Å². The van der Waals surface area contributed by atoms with E-state index in [4.69, 9.17) is 9.47 Å². The Bertz CT molecular complexity index is 118. The Kier molecular flexibility index (Phi) is 1.67. The van der Waals surface area contributed by atoms with Crippen molar-refractivity contribution in [2.45, 2.75) is 22.6 Å². The lowest BCUT2D eigenvalue weighted by atomic mass is 10.2. The molecule has 0 amide bonds. The molecule has 0 saturated carbocycles. The highest BCUT2D eigenvalue weighted by atomic mass is 127. The smallest absolute Gasteiger partial charge is 0.0977 e. The zero-order chi connectivity index (χ0) is 6.27. The Labute approximate surface area is 68.0 Å².